The normalized spacial score (nSPS) is 27.6. The van der Waals surface area contributed by atoms with Crippen LogP contribution in [-0.4, -0.2) is 43.4 Å². The molecule has 1 aromatic heterocycles. The first-order chi connectivity index (χ1) is 8.75. The number of ether oxygens (including phenoxy) is 1. The van der Waals surface area contributed by atoms with Crippen molar-refractivity contribution in [3.8, 4) is 0 Å². The van der Waals surface area contributed by atoms with Gasteiger partial charge in [0.2, 0.25) is 0 Å². The number of fused-ring (bicyclic) bond motifs is 1. The number of hydrogen-bond donors (Lipinski definition) is 1. The van der Waals surface area contributed by atoms with Crippen LogP contribution in [0.4, 0.5) is 5.69 Å². The summed E-state index contributed by atoms with van der Waals surface area (Å²) in [7, 11) is 0. The van der Waals surface area contributed by atoms with Crippen LogP contribution >= 0.6 is 0 Å². The molecule has 1 unspecified atom stereocenters. The van der Waals surface area contributed by atoms with Gasteiger partial charge in [-0.05, 0) is 18.1 Å². The summed E-state index contributed by atoms with van der Waals surface area (Å²) in [6.07, 6.45) is 2.35. The van der Waals surface area contributed by atoms with E-state index in [0.29, 0.717) is 18.1 Å². The molecule has 1 aromatic rings. The monoisotopic (exact) mass is 247 g/mol. The highest BCUT2D eigenvalue weighted by Crippen LogP contribution is 2.25. The minimum atomic E-state index is 0.337. The van der Waals surface area contributed by atoms with E-state index >= 15 is 0 Å². The standard InChI is InChI=1S/C14H21N3O/c1-10(2)12-4-3-11(7-16-12)17-5-6-18-14-9-15-8-13(14)17/h3-4,7,10,13-15H,5-6,8-9H2,1-2H3/t13-,14?/m0/s1. The van der Waals surface area contributed by atoms with Crippen molar-refractivity contribution < 1.29 is 4.74 Å². The zero-order chi connectivity index (χ0) is 12.5. The number of rotatable bonds is 2. The van der Waals surface area contributed by atoms with Crippen LogP contribution in [0.25, 0.3) is 0 Å². The van der Waals surface area contributed by atoms with Gasteiger partial charge >= 0.3 is 0 Å². The molecule has 3 rings (SSSR count). The number of morpholine rings is 1. The Morgan fingerprint density at radius 1 is 1.39 bits per heavy atom. The molecule has 18 heavy (non-hydrogen) atoms. The molecule has 4 nitrogen and oxygen atoms in total. The Morgan fingerprint density at radius 2 is 2.28 bits per heavy atom. The van der Waals surface area contributed by atoms with Gasteiger partial charge in [-0.3, -0.25) is 4.98 Å². The van der Waals surface area contributed by atoms with E-state index in [4.69, 9.17) is 4.74 Å². The second-order valence-corrected chi connectivity index (χ2v) is 5.42. The SMILES string of the molecule is CC(C)c1ccc(N2CCOC3CNC[C@@H]32)cn1. The molecule has 2 aliphatic heterocycles. The van der Waals surface area contributed by atoms with E-state index in [1.165, 1.54) is 5.69 Å². The third-order valence-electron chi connectivity index (χ3n) is 3.89. The second kappa shape index (κ2) is 4.86. The summed E-state index contributed by atoms with van der Waals surface area (Å²) in [6, 6.07) is 4.81. The summed E-state index contributed by atoms with van der Waals surface area (Å²) in [4.78, 5) is 7.00. The summed E-state index contributed by atoms with van der Waals surface area (Å²) >= 11 is 0. The highest BCUT2D eigenvalue weighted by molar-refractivity contribution is 5.47. The molecule has 1 N–H and O–H groups in total. The Labute approximate surface area is 108 Å². The van der Waals surface area contributed by atoms with E-state index < -0.39 is 0 Å². The molecule has 4 heteroatoms. The molecule has 0 bridgehead atoms. The largest absolute Gasteiger partial charge is 0.373 e. The number of pyridine rings is 1. The van der Waals surface area contributed by atoms with E-state index in [-0.39, 0.29) is 0 Å². The first-order valence-corrected chi connectivity index (χ1v) is 6.80. The van der Waals surface area contributed by atoms with E-state index in [9.17, 15) is 0 Å². The van der Waals surface area contributed by atoms with Gasteiger partial charge in [0, 0.05) is 25.3 Å². The third kappa shape index (κ3) is 2.10. The molecule has 2 atom stereocenters. The van der Waals surface area contributed by atoms with Crippen molar-refractivity contribution in [1.82, 2.24) is 10.3 Å². The van der Waals surface area contributed by atoms with Crippen LogP contribution in [0.3, 0.4) is 0 Å². The zero-order valence-corrected chi connectivity index (χ0v) is 11.1. The minimum absolute atomic E-state index is 0.337. The van der Waals surface area contributed by atoms with E-state index in [2.05, 4.69) is 41.2 Å². The van der Waals surface area contributed by atoms with Crippen molar-refractivity contribution >= 4 is 5.69 Å². The molecule has 0 aliphatic carbocycles. The molecule has 3 heterocycles. The number of nitrogens with one attached hydrogen (secondary N) is 1. The molecular weight excluding hydrogens is 226 g/mol. The van der Waals surface area contributed by atoms with Crippen molar-refractivity contribution in [3.63, 3.8) is 0 Å². The van der Waals surface area contributed by atoms with Gasteiger partial charge in [0.15, 0.2) is 0 Å². The van der Waals surface area contributed by atoms with Gasteiger partial charge in [0.25, 0.3) is 0 Å². The summed E-state index contributed by atoms with van der Waals surface area (Å²) in [5.74, 6) is 0.490. The molecule has 2 aliphatic rings. The van der Waals surface area contributed by atoms with Gasteiger partial charge < -0.3 is 15.0 Å². The number of aromatic nitrogens is 1. The number of hydrogen-bond acceptors (Lipinski definition) is 4. The average Bonchev–Trinajstić information content (AvgIpc) is 2.87. The van der Waals surface area contributed by atoms with Crippen molar-refractivity contribution in [2.24, 2.45) is 0 Å². The molecule has 0 amide bonds. The molecule has 98 valence electrons. The average molecular weight is 247 g/mol. The van der Waals surface area contributed by atoms with Crippen molar-refractivity contribution in [2.75, 3.05) is 31.1 Å². The summed E-state index contributed by atoms with van der Waals surface area (Å²) in [5.41, 5.74) is 2.38. The Bertz CT molecular complexity index is 404. The second-order valence-electron chi connectivity index (χ2n) is 5.42. The van der Waals surface area contributed by atoms with Crippen LogP contribution in [-0.2, 0) is 4.74 Å². The summed E-state index contributed by atoms with van der Waals surface area (Å²) in [6.45, 7) is 8.11. The van der Waals surface area contributed by atoms with Gasteiger partial charge in [0.1, 0.15) is 0 Å². The Hall–Kier alpha value is -1.13. The smallest absolute Gasteiger partial charge is 0.0915 e. The zero-order valence-electron chi connectivity index (χ0n) is 11.1. The molecule has 0 aromatic carbocycles. The Kier molecular flexibility index (Phi) is 3.22. The lowest BCUT2D eigenvalue weighted by atomic mass is 10.1. The molecule has 2 fully saturated rings. The van der Waals surface area contributed by atoms with Gasteiger partial charge in [-0.15, -0.1) is 0 Å². The van der Waals surface area contributed by atoms with Crippen molar-refractivity contribution in [3.05, 3.63) is 24.0 Å². The first kappa shape index (κ1) is 11.9. The van der Waals surface area contributed by atoms with E-state index in [1.807, 2.05) is 6.20 Å². The summed E-state index contributed by atoms with van der Waals surface area (Å²) < 4.78 is 5.79. The van der Waals surface area contributed by atoms with Gasteiger partial charge in [-0.25, -0.2) is 0 Å². The predicted octanol–water partition coefficient (Wildman–Crippen LogP) is 1.38. The lowest BCUT2D eigenvalue weighted by Crippen LogP contribution is -2.51. The fourth-order valence-corrected chi connectivity index (χ4v) is 2.82. The van der Waals surface area contributed by atoms with E-state index in [0.717, 1.165) is 31.9 Å². The van der Waals surface area contributed by atoms with Gasteiger partial charge in [0.05, 0.1) is 30.6 Å². The first-order valence-electron chi connectivity index (χ1n) is 6.80. The number of nitrogens with zero attached hydrogens (tertiary/aromatic N) is 2. The molecule has 0 radical (unpaired) electrons. The summed E-state index contributed by atoms with van der Waals surface area (Å²) in [5, 5.41) is 3.41. The van der Waals surface area contributed by atoms with Gasteiger partial charge in [-0.2, -0.15) is 0 Å². The lowest BCUT2D eigenvalue weighted by molar-refractivity contribution is 0.0349. The molecule has 0 saturated carbocycles. The fraction of sp³-hybridized carbons (Fsp3) is 0.643. The highest BCUT2D eigenvalue weighted by Gasteiger charge is 2.36. The fourth-order valence-electron chi connectivity index (χ4n) is 2.82. The molecule has 2 saturated heterocycles. The number of anilines is 1. The van der Waals surface area contributed by atoms with Crippen molar-refractivity contribution in [1.29, 1.82) is 0 Å². The maximum absolute atomic E-state index is 5.79. The van der Waals surface area contributed by atoms with Crippen LogP contribution in [0, 0.1) is 0 Å². The minimum Gasteiger partial charge on any atom is -0.373 e. The molecule has 0 spiro atoms. The van der Waals surface area contributed by atoms with Crippen LogP contribution in [0.1, 0.15) is 25.5 Å². The Balaban J connectivity index is 1.80. The quantitative estimate of drug-likeness (QED) is 0.857. The topological polar surface area (TPSA) is 37.4 Å². The Morgan fingerprint density at radius 3 is 3.00 bits per heavy atom. The maximum Gasteiger partial charge on any atom is 0.0915 e. The maximum atomic E-state index is 5.79. The van der Waals surface area contributed by atoms with Crippen LogP contribution in [0.15, 0.2) is 18.3 Å². The van der Waals surface area contributed by atoms with Crippen molar-refractivity contribution in [2.45, 2.75) is 31.9 Å². The lowest BCUT2D eigenvalue weighted by Gasteiger charge is -2.38. The highest BCUT2D eigenvalue weighted by atomic mass is 16.5. The van der Waals surface area contributed by atoms with Crippen LogP contribution in [0.5, 0.6) is 0 Å². The van der Waals surface area contributed by atoms with Crippen LogP contribution in [0.2, 0.25) is 0 Å². The van der Waals surface area contributed by atoms with E-state index in [1.54, 1.807) is 0 Å². The van der Waals surface area contributed by atoms with Gasteiger partial charge in [-0.1, -0.05) is 13.8 Å². The molecular formula is C14H21N3O. The third-order valence-corrected chi connectivity index (χ3v) is 3.89. The predicted molar refractivity (Wildman–Crippen MR) is 72.1 cm³/mol. The van der Waals surface area contributed by atoms with Crippen LogP contribution < -0.4 is 10.2 Å².